The second-order valence-electron chi connectivity index (χ2n) is 7.17. The number of aliphatic hydroxyl groups is 1. The van der Waals surface area contributed by atoms with Gasteiger partial charge in [0.1, 0.15) is 0 Å². The second kappa shape index (κ2) is 7.37. The van der Waals surface area contributed by atoms with Crippen molar-refractivity contribution in [3.63, 3.8) is 0 Å². The Hall–Kier alpha value is -2.54. The second-order valence-corrected chi connectivity index (χ2v) is 7.17. The third-order valence-corrected chi connectivity index (χ3v) is 4.28. The van der Waals surface area contributed by atoms with E-state index in [1.54, 1.807) is 32.9 Å². The fourth-order valence-electron chi connectivity index (χ4n) is 2.93. The van der Waals surface area contributed by atoms with Crippen molar-refractivity contribution in [2.24, 2.45) is 5.41 Å². The van der Waals surface area contributed by atoms with Gasteiger partial charge >= 0.3 is 0 Å². The Morgan fingerprint density at radius 1 is 1.23 bits per heavy atom. The molecule has 1 amide bonds. The van der Waals surface area contributed by atoms with Crippen LogP contribution in [0.3, 0.4) is 0 Å². The predicted octanol–water partition coefficient (Wildman–Crippen LogP) is 2.36. The Bertz CT molecular complexity index is 747. The fraction of sp³-hybridized carbons (Fsp3) is 0.474. The van der Waals surface area contributed by atoms with Crippen LogP contribution >= 0.6 is 0 Å². The Morgan fingerprint density at radius 3 is 2.38 bits per heavy atom. The molecule has 0 radical (unpaired) electrons. The highest BCUT2D eigenvalue weighted by atomic mass is 16.5. The number of hydrogen-bond donors (Lipinski definition) is 2. The molecular weight excluding hydrogens is 338 g/mol. The van der Waals surface area contributed by atoms with Crippen molar-refractivity contribution in [3.05, 3.63) is 35.1 Å². The summed E-state index contributed by atoms with van der Waals surface area (Å²) < 4.78 is 10.1. The standard InChI is InChI=1S/C19H25NO6/c1-19(2,3)17(23)14-15(11-6-7-13(26-5)12(21)10-11)20(8-9-25-4)18(24)16(14)22/h6-7,10,15,21-22H,8-9H2,1-5H3. The number of hydrogen-bond acceptors (Lipinski definition) is 6. The number of nitrogens with zero attached hydrogens (tertiary/aromatic N) is 1. The maximum absolute atomic E-state index is 12.9. The number of phenolic OH excluding ortho intramolecular Hbond substituents is 1. The molecule has 0 aliphatic carbocycles. The molecule has 1 aliphatic heterocycles. The summed E-state index contributed by atoms with van der Waals surface area (Å²) in [5.41, 5.74) is -0.249. The van der Waals surface area contributed by atoms with Crippen LogP contribution in [0.4, 0.5) is 0 Å². The normalized spacial score (nSPS) is 17.8. The molecule has 2 N–H and O–H groups in total. The van der Waals surface area contributed by atoms with Crippen molar-refractivity contribution in [3.8, 4) is 11.5 Å². The van der Waals surface area contributed by atoms with Gasteiger partial charge in [-0.15, -0.1) is 0 Å². The van der Waals surface area contributed by atoms with E-state index in [2.05, 4.69) is 0 Å². The molecule has 7 heteroatoms. The molecule has 0 fully saturated rings. The van der Waals surface area contributed by atoms with Gasteiger partial charge in [0.2, 0.25) is 0 Å². The van der Waals surface area contributed by atoms with E-state index < -0.39 is 23.1 Å². The summed E-state index contributed by atoms with van der Waals surface area (Å²) in [7, 11) is 2.93. The summed E-state index contributed by atoms with van der Waals surface area (Å²) in [6.45, 7) is 5.60. The molecule has 0 aromatic heterocycles. The minimum absolute atomic E-state index is 0.0307. The highest BCUT2D eigenvalue weighted by molar-refractivity contribution is 6.10. The number of methoxy groups -OCH3 is 2. The summed E-state index contributed by atoms with van der Waals surface area (Å²) in [5.74, 6) is -1.35. The molecule has 1 aromatic carbocycles. The minimum Gasteiger partial charge on any atom is -0.504 e. The van der Waals surface area contributed by atoms with Crippen molar-refractivity contribution >= 4 is 11.7 Å². The van der Waals surface area contributed by atoms with E-state index in [-0.39, 0.29) is 36.0 Å². The first-order valence-corrected chi connectivity index (χ1v) is 8.28. The summed E-state index contributed by atoms with van der Waals surface area (Å²) in [5, 5.41) is 20.5. The minimum atomic E-state index is -0.804. The van der Waals surface area contributed by atoms with Gasteiger partial charge in [0.15, 0.2) is 23.0 Å². The molecule has 26 heavy (non-hydrogen) atoms. The number of aliphatic hydroxyl groups excluding tert-OH is 1. The van der Waals surface area contributed by atoms with E-state index in [1.165, 1.54) is 25.2 Å². The van der Waals surface area contributed by atoms with Crippen molar-refractivity contribution < 1.29 is 29.3 Å². The van der Waals surface area contributed by atoms with E-state index in [0.717, 1.165) is 0 Å². The largest absolute Gasteiger partial charge is 0.504 e. The molecule has 2 rings (SSSR count). The summed E-state index contributed by atoms with van der Waals surface area (Å²) in [6, 6.07) is 3.84. The highest BCUT2D eigenvalue weighted by Crippen LogP contribution is 2.42. The lowest BCUT2D eigenvalue weighted by molar-refractivity contribution is -0.130. The molecule has 1 unspecified atom stereocenters. The number of amides is 1. The molecule has 7 nitrogen and oxygen atoms in total. The van der Waals surface area contributed by atoms with Crippen LogP contribution in [0.1, 0.15) is 32.4 Å². The van der Waals surface area contributed by atoms with E-state index in [4.69, 9.17) is 9.47 Å². The first-order chi connectivity index (χ1) is 12.1. The number of ketones is 1. The Balaban J connectivity index is 2.58. The average molecular weight is 363 g/mol. The van der Waals surface area contributed by atoms with Crippen molar-refractivity contribution in [2.75, 3.05) is 27.4 Å². The molecule has 142 valence electrons. The highest BCUT2D eigenvalue weighted by Gasteiger charge is 2.45. The van der Waals surface area contributed by atoms with Gasteiger partial charge in [0.05, 0.1) is 25.3 Å². The zero-order valence-electron chi connectivity index (χ0n) is 15.7. The number of phenols is 1. The molecule has 0 spiro atoms. The number of aromatic hydroxyl groups is 1. The third-order valence-electron chi connectivity index (χ3n) is 4.28. The Labute approximate surface area is 152 Å². The van der Waals surface area contributed by atoms with Crippen LogP contribution in [-0.4, -0.2) is 54.2 Å². The maximum Gasteiger partial charge on any atom is 0.290 e. The van der Waals surface area contributed by atoms with Gasteiger partial charge in [0.25, 0.3) is 5.91 Å². The average Bonchev–Trinajstić information content (AvgIpc) is 2.82. The Kier molecular flexibility index (Phi) is 5.61. The fourth-order valence-corrected chi connectivity index (χ4v) is 2.93. The first-order valence-electron chi connectivity index (χ1n) is 8.28. The van der Waals surface area contributed by atoms with Gasteiger partial charge in [-0.1, -0.05) is 26.8 Å². The van der Waals surface area contributed by atoms with E-state index in [0.29, 0.717) is 5.56 Å². The van der Waals surface area contributed by atoms with Gasteiger partial charge in [-0.25, -0.2) is 0 Å². The zero-order chi connectivity index (χ0) is 19.6. The van der Waals surface area contributed by atoms with Gasteiger partial charge in [-0.2, -0.15) is 0 Å². The topological polar surface area (TPSA) is 96.3 Å². The molecule has 1 aliphatic rings. The lowest BCUT2D eigenvalue weighted by Gasteiger charge is -2.28. The molecule has 1 atom stereocenters. The van der Waals surface area contributed by atoms with E-state index in [9.17, 15) is 19.8 Å². The lowest BCUT2D eigenvalue weighted by atomic mass is 9.82. The van der Waals surface area contributed by atoms with Crippen LogP contribution in [0, 0.1) is 5.41 Å². The van der Waals surface area contributed by atoms with Gasteiger partial charge in [-0.05, 0) is 17.7 Å². The smallest absolute Gasteiger partial charge is 0.290 e. The van der Waals surface area contributed by atoms with Crippen LogP contribution in [0.15, 0.2) is 29.5 Å². The van der Waals surface area contributed by atoms with Gasteiger partial charge < -0.3 is 24.6 Å². The monoisotopic (exact) mass is 363 g/mol. The Morgan fingerprint density at radius 2 is 1.88 bits per heavy atom. The van der Waals surface area contributed by atoms with Crippen LogP contribution in [-0.2, 0) is 14.3 Å². The predicted molar refractivity (Wildman–Crippen MR) is 95.1 cm³/mol. The van der Waals surface area contributed by atoms with Crippen molar-refractivity contribution in [1.29, 1.82) is 0 Å². The number of carbonyl (C=O) groups excluding carboxylic acids is 2. The number of ether oxygens (including phenoxy) is 2. The molecule has 1 heterocycles. The van der Waals surface area contributed by atoms with Gasteiger partial charge in [-0.3, -0.25) is 9.59 Å². The quantitative estimate of drug-likeness (QED) is 0.805. The molecule has 0 bridgehead atoms. The summed E-state index contributed by atoms with van der Waals surface area (Å²) in [6.07, 6.45) is 0. The number of Topliss-reactive ketones (excluding diaryl/α,β-unsaturated/α-hetero) is 1. The first kappa shape index (κ1) is 19.8. The summed E-state index contributed by atoms with van der Waals surface area (Å²) in [4.78, 5) is 26.9. The molecule has 0 saturated heterocycles. The van der Waals surface area contributed by atoms with Crippen molar-refractivity contribution in [1.82, 2.24) is 4.90 Å². The van der Waals surface area contributed by atoms with Crippen LogP contribution in [0.25, 0.3) is 0 Å². The maximum atomic E-state index is 12.9. The number of carbonyl (C=O) groups is 2. The zero-order valence-corrected chi connectivity index (χ0v) is 15.7. The lowest BCUT2D eigenvalue weighted by Crippen LogP contribution is -2.35. The van der Waals surface area contributed by atoms with E-state index >= 15 is 0 Å². The van der Waals surface area contributed by atoms with Gasteiger partial charge in [0, 0.05) is 19.1 Å². The van der Waals surface area contributed by atoms with Crippen molar-refractivity contribution in [2.45, 2.75) is 26.8 Å². The third kappa shape index (κ3) is 3.53. The van der Waals surface area contributed by atoms with E-state index in [1.807, 2.05) is 0 Å². The SMILES string of the molecule is COCCN1C(=O)C(O)=C(C(=O)C(C)(C)C)C1c1ccc(OC)c(O)c1. The number of rotatable bonds is 6. The molecule has 1 aromatic rings. The van der Waals surface area contributed by atoms with Crippen LogP contribution in [0.2, 0.25) is 0 Å². The van der Waals surface area contributed by atoms with Crippen LogP contribution in [0.5, 0.6) is 11.5 Å². The number of benzene rings is 1. The molecular formula is C19H25NO6. The van der Waals surface area contributed by atoms with Crippen LogP contribution < -0.4 is 4.74 Å². The molecule has 0 saturated carbocycles. The summed E-state index contributed by atoms with van der Waals surface area (Å²) >= 11 is 0.